The van der Waals surface area contributed by atoms with Crippen LogP contribution < -0.4 is 10.1 Å². The third-order valence-corrected chi connectivity index (χ3v) is 3.24. The molecule has 0 radical (unpaired) electrons. The quantitative estimate of drug-likeness (QED) is 0.806. The molecule has 0 atom stereocenters. The highest BCUT2D eigenvalue weighted by Crippen LogP contribution is 2.26. The number of hydrogen-bond donors (Lipinski definition) is 1. The number of thioether (sulfide) groups is 1. The Bertz CT molecular complexity index is 387. The minimum atomic E-state index is 0.394. The van der Waals surface area contributed by atoms with Gasteiger partial charge in [-0.25, -0.2) is 0 Å². The molecule has 1 aliphatic heterocycles. The highest BCUT2D eigenvalue weighted by Gasteiger charge is 2.22. The summed E-state index contributed by atoms with van der Waals surface area (Å²) in [5, 5.41) is 4.23. The smallest absolute Gasteiger partial charge is 0.322 e. The van der Waals surface area contributed by atoms with E-state index < -0.39 is 0 Å². The van der Waals surface area contributed by atoms with Crippen LogP contribution in [0.3, 0.4) is 0 Å². The van der Waals surface area contributed by atoms with Crippen molar-refractivity contribution in [2.75, 3.05) is 31.7 Å². The second kappa shape index (κ2) is 6.75. The molecule has 18 heavy (non-hydrogen) atoms. The zero-order valence-corrected chi connectivity index (χ0v) is 11.5. The van der Waals surface area contributed by atoms with Gasteiger partial charge in [-0.1, -0.05) is 18.7 Å². The lowest BCUT2D eigenvalue weighted by Gasteiger charge is -2.24. The van der Waals surface area contributed by atoms with E-state index in [2.05, 4.69) is 20.3 Å². The van der Waals surface area contributed by atoms with E-state index in [9.17, 15) is 0 Å². The van der Waals surface area contributed by atoms with Crippen molar-refractivity contribution in [3.63, 3.8) is 0 Å². The Morgan fingerprint density at radius 1 is 1.33 bits per heavy atom. The molecule has 1 N–H and O–H groups in total. The first kappa shape index (κ1) is 13.4. The third-order valence-electron chi connectivity index (χ3n) is 2.24. The molecule has 2 heterocycles. The molecule has 0 saturated carbocycles. The molecule has 2 rings (SSSR count). The first-order valence-electron chi connectivity index (χ1n) is 6.19. The Morgan fingerprint density at radius 3 is 2.78 bits per heavy atom. The molecule has 1 saturated heterocycles. The number of ether oxygens (including phenoxy) is 2. The van der Waals surface area contributed by atoms with Crippen LogP contribution in [0.25, 0.3) is 0 Å². The maximum absolute atomic E-state index is 5.47. The van der Waals surface area contributed by atoms with E-state index in [0.29, 0.717) is 29.0 Å². The first-order valence-corrected chi connectivity index (χ1v) is 7.07. The molecule has 1 aliphatic rings. The fraction of sp³-hybridized carbons (Fsp3) is 0.727. The summed E-state index contributed by atoms with van der Waals surface area (Å²) < 4.78 is 10.6. The molecule has 0 bridgehead atoms. The summed E-state index contributed by atoms with van der Waals surface area (Å²) in [4.78, 5) is 12.9. The Morgan fingerprint density at radius 2 is 2.17 bits per heavy atom. The monoisotopic (exact) mass is 270 g/mol. The number of anilines is 1. The van der Waals surface area contributed by atoms with Gasteiger partial charge in [-0.3, -0.25) is 0 Å². The molecule has 0 spiro atoms. The van der Waals surface area contributed by atoms with E-state index >= 15 is 0 Å². The predicted molar refractivity (Wildman–Crippen MR) is 70.2 cm³/mol. The van der Waals surface area contributed by atoms with Gasteiger partial charge in [0.15, 0.2) is 5.16 Å². The lowest BCUT2D eigenvalue weighted by atomic mass is 10.4. The van der Waals surface area contributed by atoms with E-state index in [4.69, 9.17) is 9.47 Å². The van der Waals surface area contributed by atoms with Gasteiger partial charge < -0.3 is 14.8 Å². The Hall–Kier alpha value is -1.08. The zero-order chi connectivity index (χ0) is 12.8. The van der Waals surface area contributed by atoms with E-state index in [1.165, 1.54) is 0 Å². The predicted octanol–water partition coefficient (Wildman–Crippen LogP) is 1.58. The van der Waals surface area contributed by atoms with Gasteiger partial charge in [0, 0.05) is 6.54 Å². The van der Waals surface area contributed by atoms with Crippen LogP contribution in [0, 0.1) is 0 Å². The normalized spacial score (nSPS) is 15.2. The topological polar surface area (TPSA) is 69.2 Å². The van der Waals surface area contributed by atoms with Crippen LogP contribution in [-0.4, -0.2) is 46.6 Å². The third kappa shape index (κ3) is 3.71. The van der Waals surface area contributed by atoms with Gasteiger partial charge >= 0.3 is 6.01 Å². The molecule has 1 aromatic rings. The average Bonchev–Trinajstić information content (AvgIpc) is 2.32. The maximum Gasteiger partial charge on any atom is 0.322 e. The SMILES string of the molecule is CCCOc1nc(NCC)nc(SC2COC2)n1. The molecule has 0 aromatic carbocycles. The molecule has 0 unspecified atom stereocenters. The van der Waals surface area contributed by atoms with E-state index in [1.807, 2.05) is 13.8 Å². The lowest BCUT2D eigenvalue weighted by Crippen LogP contribution is -2.30. The van der Waals surface area contributed by atoms with Crippen molar-refractivity contribution in [1.82, 2.24) is 15.0 Å². The summed E-state index contributed by atoms with van der Waals surface area (Å²) in [7, 11) is 0. The summed E-state index contributed by atoms with van der Waals surface area (Å²) in [6.45, 7) is 6.97. The van der Waals surface area contributed by atoms with Crippen molar-refractivity contribution >= 4 is 17.7 Å². The van der Waals surface area contributed by atoms with Crippen LogP contribution in [0.5, 0.6) is 6.01 Å². The van der Waals surface area contributed by atoms with Gasteiger partial charge in [-0.15, -0.1) is 0 Å². The van der Waals surface area contributed by atoms with Crippen LogP contribution in [0.15, 0.2) is 5.16 Å². The Labute approximate surface area is 111 Å². The largest absolute Gasteiger partial charge is 0.463 e. The molecule has 7 heteroatoms. The van der Waals surface area contributed by atoms with Gasteiger partial charge in [0.1, 0.15) is 0 Å². The maximum atomic E-state index is 5.47. The van der Waals surface area contributed by atoms with Crippen LogP contribution >= 0.6 is 11.8 Å². The van der Waals surface area contributed by atoms with Gasteiger partial charge in [-0.05, 0) is 13.3 Å². The number of nitrogens with zero attached hydrogens (tertiary/aromatic N) is 3. The van der Waals surface area contributed by atoms with E-state index in [-0.39, 0.29) is 0 Å². The second-order valence-electron chi connectivity index (χ2n) is 3.88. The van der Waals surface area contributed by atoms with Crippen LogP contribution in [-0.2, 0) is 4.74 Å². The highest BCUT2D eigenvalue weighted by atomic mass is 32.2. The number of aromatic nitrogens is 3. The number of hydrogen-bond acceptors (Lipinski definition) is 7. The molecule has 0 aliphatic carbocycles. The fourth-order valence-corrected chi connectivity index (χ4v) is 2.21. The van der Waals surface area contributed by atoms with Crippen molar-refractivity contribution in [1.29, 1.82) is 0 Å². The van der Waals surface area contributed by atoms with Crippen LogP contribution in [0.2, 0.25) is 0 Å². The van der Waals surface area contributed by atoms with Crippen LogP contribution in [0.4, 0.5) is 5.95 Å². The van der Waals surface area contributed by atoms with E-state index in [1.54, 1.807) is 11.8 Å². The second-order valence-corrected chi connectivity index (χ2v) is 5.15. The molecule has 1 aromatic heterocycles. The lowest BCUT2D eigenvalue weighted by molar-refractivity contribution is 0.0454. The van der Waals surface area contributed by atoms with E-state index in [0.717, 1.165) is 26.2 Å². The number of rotatable bonds is 7. The number of nitrogens with one attached hydrogen (secondary N) is 1. The van der Waals surface area contributed by atoms with Gasteiger partial charge in [0.25, 0.3) is 0 Å². The van der Waals surface area contributed by atoms with Crippen molar-refractivity contribution in [2.24, 2.45) is 0 Å². The first-order chi connectivity index (χ1) is 8.81. The minimum Gasteiger partial charge on any atom is -0.463 e. The molecule has 0 amide bonds. The van der Waals surface area contributed by atoms with Gasteiger partial charge in [-0.2, -0.15) is 15.0 Å². The minimum absolute atomic E-state index is 0.394. The highest BCUT2D eigenvalue weighted by molar-refractivity contribution is 7.99. The van der Waals surface area contributed by atoms with Gasteiger partial charge in [0.2, 0.25) is 5.95 Å². The zero-order valence-electron chi connectivity index (χ0n) is 10.7. The molecule has 1 fully saturated rings. The van der Waals surface area contributed by atoms with Crippen LogP contribution in [0.1, 0.15) is 20.3 Å². The fourth-order valence-electron chi connectivity index (χ4n) is 1.32. The average molecular weight is 270 g/mol. The Balaban J connectivity index is 2.07. The van der Waals surface area contributed by atoms with Crippen molar-refractivity contribution in [3.05, 3.63) is 0 Å². The molecule has 6 nitrogen and oxygen atoms in total. The van der Waals surface area contributed by atoms with Crippen molar-refractivity contribution in [3.8, 4) is 6.01 Å². The van der Waals surface area contributed by atoms with Gasteiger partial charge in [0.05, 0.1) is 25.1 Å². The standard InChI is InChI=1S/C11H18N4O2S/c1-3-5-17-10-13-9(12-4-2)14-11(15-10)18-8-6-16-7-8/h8H,3-7H2,1-2H3,(H,12,13,14,15). The summed E-state index contributed by atoms with van der Waals surface area (Å²) in [5.41, 5.74) is 0. The van der Waals surface area contributed by atoms with Crippen molar-refractivity contribution < 1.29 is 9.47 Å². The molecule has 100 valence electrons. The Kier molecular flexibility index (Phi) is 5.00. The molecular weight excluding hydrogens is 252 g/mol. The molecular formula is C11H18N4O2S. The summed E-state index contributed by atoms with van der Waals surface area (Å²) in [5.74, 6) is 0.571. The van der Waals surface area contributed by atoms with Crippen molar-refractivity contribution in [2.45, 2.75) is 30.7 Å². The summed E-state index contributed by atoms with van der Waals surface area (Å²) >= 11 is 1.61. The summed E-state index contributed by atoms with van der Waals surface area (Å²) in [6.07, 6.45) is 0.932. The summed E-state index contributed by atoms with van der Waals surface area (Å²) in [6, 6.07) is 0.394.